The van der Waals surface area contributed by atoms with E-state index in [-0.39, 0.29) is 18.1 Å². The molecule has 2 atom stereocenters. The predicted octanol–water partition coefficient (Wildman–Crippen LogP) is 1.35. The highest BCUT2D eigenvalue weighted by molar-refractivity contribution is 6.28. The molecule has 1 aromatic rings. The molecule has 4 nitrogen and oxygen atoms in total. The average Bonchev–Trinajstić information content (AvgIpc) is 2.38. The largest absolute Gasteiger partial charge is 0.481 e. The summed E-state index contributed by atoms with van der Waals surface area (Å²) in [5, 5.41) is 18.1. The molecule has 0 radical (unpaired) electrons. The Bertz CT molecular complexity index is 405. The van der Waals surface area contributed by atoms with E-state index in [1.165, 1.54) is 0 Å². The summed E-state index contributed by atoms with van der Waals surface area (Å²) in [4.78, 5) is 22.7. The van der Waals surface area contributed by atoms with Crippen molar-refractivity contribution >= 4 is 23.4 Å². The molecule has 0 aliphatic heterocycles. The van der Waals surface area contributed by atoms with Crippen LogP contribution in [0.4, 0.5) is 0 Å². The Labute approximate surface area is 110 Å². The molecule has 18 heavy (non-hydrogen) atoms. The van der Waals surface area contributed by atoms with Gasteiger partial charge in [0.05, 0.1) is 18.4 Å². The van der Waals surface area contributed by atoms with E-state index < -0.39 is 24.4 Å². The van der Waals surface area contributed by atoms with Crippen molar-refractivity contribution in [2.45, 2.75) is 6.42 Å². The zero-order valence-corrected chi connectivity index (χ0v) is 10.5. The molecule has 0 bridgehead atoms. The molecule has 0 aromatic heterocycles. The number of hydrogen-bond donors (Lipinski definition) is 2. The minimum atomic E-state index is -1.18. The predicted molar refractivity (Wildman–Crippen MR) is 67.6 cm³/mol. The number of carbonyl (C=O) groups excluding carboxylic acids is 1. The van der Waals surface area contributed by atoms with Crippen molar-refractivity contribution in [1.82, 2.24) is 0 Å². The fourth-order valence-electron chi connectivity index (χ4n) is 1.83. The van der Waals surface area contributed by atoms with Crippen molar-refractivity contribution in [3.8, 4) is 0 Å². The number of aliphatic hydroxyl groups is 1. The monoisotopic (exact) mass is 270 g/mol. The number of aliphatic hydroxyl groups excluding tert-OH is 1. The Morgan fingerprint density at radius 1 is 1.17 bits per heavy atom. The molecule has 0 heterocycles. The highest BCUT2D eigenvalue weighted by Gasteiger charge is 2.32. The van der Waals surface area contributed by atoms with E-state index in [4.69, 9.17) is 21.8 Å². The van der Waals surface area contributed by atoms with Crippen LogP contribution < -0.4 is 0 Å². The molecule has 0 aliphatic carbocycles. The minimum absolute atomic E-state index is 0.249. The molecule has 0 spiro atoms. The van der Waals surface area contributed by atoms with Crippen LogP contribution in [0.2, 0.25) is 0 Å². The number of rotatable bonds is 7. The van der Waals surface area contributed by atoms with E-state index in [1.807, 2.05) is 30.3 Å². The van der Waals surface area contributed by atoms with Crippen LogP contribution in [-0.4, -0.2) is 34.5 Å². The molecule has 1 aromatic carbocycles. The fraction of sp³-hybridized carbons (Fsp3) is 0.385. The molecule has 1 rings (SSSR count). The Kier molecular flexibility index (Phi) is 5.82. The van der Waals surface area contributed by atoms with Crippen molar-refractivity contribution in [2.75, 3.05) is 12.5 Å². The first-order chi connectivity index (χ1) is 8.60. The van der Waals surface area contributed by atoms with Crippen molar-refractivity contribution in [2.24, 2.45) is 11.8 Å². The van der Waals surface area contributed by atoms with Gasteiger partial charge in [0.15, 0.2) is 5.78 Å². The molecule has 98 valence electrons. The van der Waals surface area contributed by atoms with Crippen molar-refractivity contribution in [1.29, 1.82) is 0 Å². The average molecular weight is 271 g/mol. The number of Topliss-reactive ketones (excluding diaryl/α,β-unsaturated/α-hetero) is 1. The lowest BCUT2D eigenvalue weighted by Crippen LogP contribution is -2.34. The molecule has 2 unspecified atom stereocenters. The second kappa shape index (κ2) is 7.13. The zero-order valence-electron chi connectivity index (χ0n) is 9.75. The second-order valence-corrected chi connectivity index (χ2v) is 4.29. The van der Waals surface area contributed by atoms with Gasteiger partial charge in [-0.05, 0) is 12.0 Å². The molecule has 0 amide bonds. The van der Waals surface area contributed by atoms with Crippen LogP contribution in [0.1, 0.15) is 5.56 Å². The van der Waals surface area contributed by atoms with Gasteiger partial charge in [-0.3, -0.25) is 9.59 Å². The number of hydrogen-bond acceptors (Lipinski definition) is 3. The summed E-state index contributed by atoms with van der Waals surface area (Å²) < 4.78 is 0. The van der Waals surface area contributed by atoms with E-state index >= 15 is 0 Å². The molecular formula is C13H15ClO4. The maximum absolute atomic E-state index is 11.7. The van der Waals surface area contributed by atoms with Crippen LogP contribution >= 0.6 is 11.6 Å². The fourth-order valence-corrected chi connectivity index (χ4v) is 2.02. The quantitative estimate of drug-likeness (QED) is 0.734. The standard InChI is InChI=1S/C13H15ClO4/c14-7-12(16)10(11(8-15)13(17)18)6-9-4-2-1-3-5-9/h1-5,10-11,15H,6-8H2,(H,17,18). The summed E-state index contributed by atoms with van der Waals surface area (Å²) in [6.45, 7) is -0.574. The smallest absolute Gasteiger partial charge is 0.309 e. The van der Waals surface area contributed by atoms with Crippen LogP contribution in [0.25, 0.3) is 0 Å². The van der Waals surface area contributed by atoms with Gasteiger partial charge in [-0.2, -0.15) is 0 Å². The lowest BCUT2D eigenvalue weighted by Gasteiger charge is -2.20. The molecule has 0 saturated carbocycles. The molecular weight excluding hydrogens is 256 g/mol. The van der Waals surface area contributed by atoms with E-state index in [0.29, 0.717) is 0 Å². The van der Waals surface area contributed by atoms with Crippen LogP contribution in [0, 0.1) is 11.8 Å². The Balaban J connectivity index is 2.91. The highest BCUT2D eigenvalue weighted by Crippen LogP contribution is 2.20. The Morgan fingerprint density at radius 3 is 2.22 bits per heavy atom. The summed E-state index contributed by atoms with van der Waals surface area (Å²) in [5.41, 5.74) is 0.848. The van der Waals surface area contributed by atoms with Gasteiger partial charge in [0.25, 0.3) is 0 Å². The lowest BCUT2D eigenvalue weighted by molar-refractivity contribution is -0.148. The minimum Gasteiger partial charge on any atom is -0.481 e. The summed E-state index contributed by atoms with van der Waals surface area (Å²) in [7, 11) is 0. The summed E-state index contributed by atoms with van der Waals surface area (Å²) in [6.07, 6.45) is 0.268. The van der Waals surface area contributed by atoms with Crippen molar-refractivity contribution < 1.29 is 19.8 Å². The van der Waals surface area contributed by atoms with Gasteiger partial charge in [-0.1, -0.05) is 30.3 Å². The first-order valence-corrected chi connectivity index (χ1v) is 6.09. The Hall–Kier alpha value is -1.39. The van der Waals surface area contributed by atoms with Gasteiger partial charge in [0, 0.05) is 5.92 Å². The highest BCUT2D eigenvalue weighted by atomic mass is 35.5. The van der Waals surface area contributed by atoms with Crippen LogP contribution in [-0.2, 0) is 16.0 Å². The Morgan fingerprint density at radius 2 is 1.78 bits per heavy atom. The number of benzene rings is 1. The van der Waals surface area contributed by atoms with E-state index in [1.54, 1.807) is 0 Å². The van der Waals surface area contributed by atoms with Crippen LogP contribution in [0.15, 0.2) is 30.3 Å². The maximum atomic E-state index is 11.7. The number of carboxylic acids is 1. The third kappa shape index (κ3) is 3.82. The van der Waals surface area contributed by atoms with Gasteiger partial charge in [0.2, 0.25) is 0 Å². The van der Waals surface area contributed by atoms with E-state index in [0.717, 1.165) is 5.56 Å². The molecule has 0 saturated heterocycles. The number of carbonyl (C=O) groups is 2. The molecule has 2 N–H and O–H groups in total. The lowest BCUT2D eigenvalue weighted by atomic mass is 9.84. The number of aliphatic carboxylic acids is 1. The van der Waals surface area contributed by atoms with Crippen molar-refractivity contribution in [3.05, 3.63) is 35.9 Å². The summed E-state index contributed by atoms with van der Waals surface area (Å²) in [5.74, 6) is -3.70. The maximum Gasteiger partial charge on any atom is 0.309 e. The summed E-state index contributed by atoms with van der Waals surface area (Å²) >= 11 is 5.49. The molecule has 0 aliphatic rings. The zero-order chi connectivity index (χ0) is 13.5. The van der Waals surface area contributed by atoms with E-state index in [9.17, 15) is 9.59 Å². The number of halogens is 1. The molecule has 0 fully saturated rings. The first kappa shape index (κ1) is 14.7. The summed E-state index contributed by atoms with van der Waals surface area (Å²) in [6, 6.07) is 9.08. The number of carboxylic acid groups (broad SMARTS) is 1. The third-order valence-corrected chi connectivity index (χ3v) is 3.11. The van der Waals surface area contributed by atoms with Crippen LogP contribution in [0.5, 0.6) is 0 Å². The SMILES string of the molecule is O=C(O)C(CO)C(Cc1ccccc1)C(=O)CCl. The topological polar surface area (TPSA) is 74.6 Å². The normalized spacial score (nSPS) is 13.9. The third-order valence-electron chi connectivity index (χ3n) is 2.84. The second-order valence-electron chi connectivity index (χ2n) is 4.02. The van der Waals surface area contributed by atoms with Gasteiger partial charge in [-0.25, -0.2) is 0 Å². The van der Waals surface area contributed by atoms with E-state index in [2.05, 4.69) is 0 Å². The van der Waals surface area contributed by atoms with Gasteiger partial charge >= 0.3 is 5.97 Å². The first-order valence-electron chi connectivity index (χ1n) is 5.56. The number of ketones is 1. The van der Waals surface area contributed by atoms with Crippen LogP contribution in [0.3, 0.4) is 0 Å². The van der Waals surface area contributed by atoms with Gasteiger partial charge in [0.1, 0.15) is 0 Å². The van der Waals surface area contributed by atoms with Gasteiger partial charge < -0.3 is 10.2 Å². The van der Waals surface area contributed by atoms with Gasteiger partial charge in [-0.15, -0.1) is 11.6 Å². The molecule has 5 heteroatoms. The van der Waals surface area contributed by atoms with Crippen molar-refractivity contribution in [3.63, 3.8) is 0 Å². The number of alkyl halides is 1.